The number of aliphatic hydroxyl groups excluding tert-OH is 1. The van der Waals surface area contributed by atoms with E-state index in [1.54, 1.807) is 18.7 Å². The smallest absolute Gasteiger partial charge is 0.328 e. The van der Waals surface area contributed by atoms with E-state index < -0.39 is 48.1 Å². The first-order valence-electron chi connectivity index (χ1n) is 10.6. The first-order valence-corrected chi connectivity index (χ1v) is 12.0. The number of carboxylic acids is 1. The number of nitrogens with two attached hydrogens (primary N) is 1. The molecule has 3 amide bonds. The highest BCUT2D eigenvalue weighted by Crippen LogP contribution is 2.20. The van der Waals surface area contributed by atoms with Crippen molar-refractivity contribution in [3.05, 3.63) is 0 Å². The van der Waals surface area contributed by atoms with Gasteiger partial charge in [-0.05, 0) is 44.1 Å². The number of amides is 3. The molecular weight excluding hydrogens is 424 g/mol. The van der Waals surface area contributed by atoms with Gasteiger partial charge >= 0.3 is 5.97 Å². The minimum absolute atomic E-state index is 0.281. The zero-order chi connectivity index (χ0) is 23.7. The van der Waals surface area contributed by atoms with Crippen LogP contribution in [0.1, 0.15) is 46.5 Å². The number of carboxylic acid groups (broad SMARTS) is 1. The summed E-state index contributed by atoms with van der Waals surface area (Å²) in [5.74, 6) is -2.36. The molecule has 0 radical (unpaired) electrons. The molecule has 0 aromatic rings. The molecule has 0 saturated carbocycles. The summed E-state index contributed by atoms with van der Waals surface area (Å²) < 4.78 is 0. The van der Waals surface area contributed by atoms with E-state index in [1.807, 2.05) is 13.2 Å². The summed E-state index contributed by atoms with van der Waals surface area (Å²) in [6.07, 6.45) is 2.81. The third-order valence-electron chi connectivity index (χ3n) is 5.63. The van der Waals surface area contributed by atoms with Crippen molar-refractivity contribution in [2.45, 2.75) is 76.7 Å². The van der Waals surface area contributed by atoms with Gasteiger partial charge in [0.15, 0.2) is 6.04 Å². The first-order chi connectivity index (χ1) is 14.5. The number of rotatable bonds is 12. The molecule has 178 valence electrons. The van der Waals surface area contributed by atoms with Crippen LogP contribution in [-0.4, -0.2) is 87.6 Å². The minimum Gasteiger partial charge on any atom is -0.480 e. The summed E-state index contributed by atoms with van der Waals surface area (Å²) in [7, 11) is 0. The molecule has 11 heteroatoms. The van der Waals surface area contributed by atoms with Gasteiger partial charge in [0.1, 0.15) is 12.1 Å². The highest BCUT2D eigenvalue weighted by atomic mass is 32.2. The Balaban J connectivity index is 2.92. The van der Waals surface area contributed by atoms with Crippen LogP contribution in [0.3, 0.4) is 0 Å². The van der Waals surface area contributed by atoms with Gasteiger partial charge in [-0.15, -0.1) is 0 Å². The molecule has 0 aromatic heterocycles. The van der Waals surface area contributed by atoms with Crippen LogP contribution >= 0.6 is 11.8 Å². The van der Waals surface area contributed by atoms with E-state index in [1.165, 1.54) is 11.8 Å². The molecule has 0 aromatic carbocycles. The Hall–Kier alpha value is -1.85. The lowest BCUT2D eigenvalue weighted by molar-refractivity contribution is -0.146. The molecule has 0 bridgehead atoms. The maximum atomic E-state index is 13.0. The number of carbonyl (C=O) groups excluding carboxylic acids is 3. The van der Waals surface area contributed by atoms with E-state index in [9.17, 15) is 29.4 Å². The Morgan fingerprint density at radius 3 is 2.35 bits per heavy atom. The average Bonchev–Trinajstić information content (AvgIpc) is 3.21. The van der Waals surface area contributed by atoms with Gasteiger partial charge in [0.25, 0.3) is 0 Å². The molecule has 1 rings (SSSR count). The molecule has 10 nitrogen and oxygen atoms in total. The normalized spacial score (nSPS) is 21.0. The fraction of sp³-hybridized carbons (Fsp3) is 0.800. The maximum absolute atomic E-state index is 13.0. The van der Waals surface area contributed by atoms with Gasteiger partial charge < -0.3 is 31.5 Å². The molecule has 1 heterocycles. The van der Waals surface area contributed by atoms with Crippen molar-refractivity contribution in [3.63, 3.8) is 0 Å². The maximum Gasteiger partial charge on any atom is 0.328 e. The van der Waals surface area contributed by atoms with Crippen molar-refractivity contribution in [2.24, 2.45) is 11.7 Å². The number of likely N-dealkylation sites (tertiary alicyclic amines) is 1. The van der Waals surface area contributed by atoms with Crippen LogP contribution in [0.2, 0.25) is 0 Å². The molecule has 31 heavy (non-hydrogen) atoms. The number of aliphatic carboxylic acids is 1. The van der Waals surface area contributed by atoms with Crippen molar-refractivity contribution >= 4 is 35.5 Å². The van der Waals surface area contributed by atoms with Crippen LogP contribution < -0.4 is 16.4 Å². The second-order valence-corrected chi connectivity index (χ2v) is 9.00. The highest BCUT2D eigenvalue weighted by Gasteiger charge is 2.39. The van der Waals surface area contributed by atoms with Crippen molar-refractivity contribution < 1.29 is 29.4 Å². The monoisotopic (exact) mass is 460 g/mol. The molecule has 0 aliphatic carbocycles. The zero-order valence-corrected chi connectivity index (χ0v) is 19.5. The van der Waals surface area contributed by atoms with E-state index in [2.05, 4.69) is 10.6 Å². The molecule has 1 aliphatic heterocycles. The molecule has 6 unspecified atom stereocenters. The Morgan fingerprint density at radius 1 is 1.19 bits per heavy atom. The second kappa shape index (κ2) is 12.9. The van der Waals surface area contributed by atoms with Gasteiger partial charge in [-0.25, -0.2) is 4.79 Å². The van der Waals surface area contributed by atoms with Crippen LogP contribution in [0.5, 0.6) is 0 Å². The number of carbonyl (C=O) groups is 4. The predicted molar refractivity (Wildman–Crippen MR) is 118 cm³/mol. The number of hydrogen-bond donors (Lipinski definition) is 5. The topological polar surface area (TPSA) is 162 Å². The summed E-state index contributed by atoms with van der Waals surface area (Å²) in [4.78, 5) is 51.2. The quantitative estimate of drug-likeness (QED) is 0.261. The van der Waals surface area contributed by atoms with Gasteiger partial charge in [0.2, 0.25) is 17.7 Å². The van der Waals surface area contributed by atoms with Gasteiger partial charge in [0, 0.05) is 6.54 Å². The summed E-state index contributed by atoms with van der Waals surface area (Å²) >= 11 is 1.59. The number of thioether (sulfide) groups is 1. The summed E-state index contributed by atoms with van der Waals surface area (Å²) in [6, 6.07) is -3.90. The molecule has 1 saturated heterocycles. The minimum atomic E-state index is -1.49. The van der Waals surface area contributed by atoms with Crippen LogP contribution in [0.25, 0.3) is 0 Å². The third-order valence-corrected chi connectivity index (χ3v) is 6.27. The number of hydrogen-bond acceptors (Lipinski definition) is 7. The SMILES string of the molecule is CCC(C)C(NC(=O)C1CCCN1C(=O)C(N)CCSC)C(=O)NC(C(=O)O)C(C)O. The lowest BCUT2D eigenvalue weighted by atomic mass is 9.97. The van der Waals surface area contributed by atoms with Crippen LogP contribution in [0.15, 0.2) is 0 Å². The van der Waals surface area contributed by atoms with Crippen molar-refractivity contribution in [1.82, 2.24) is 15.5 Å². The standard InChI is InChI=1S/C20H36N4O6S/c1-5-11(2)15(18(27)23-16(12(3)25)20(29)30)22-17(26)14-7-6-9-24(14)19(28)13(21)8-10-31-4/h11-16,25H,5-10,21H2,1-4H3,(H,22,26)(H,23,27)(H,29,30). The number of aliphatic hydroxyl groups is 1. The Bertz CT molecular complexity index is 647. The molecule has 0 spiro atoms. The Labute approximate surface area is 187 Å². The second-order valence-electron chi connectivity index (χ2n) is 8.01. The summed E-state index contributed by atoms with van der Waals surface area (Å²) in [5, 5.41) is 23.8. The van der Waals surface area contributed by atoms with Crippen molar-refractivity contribution in [1.29, 1.82) is 0 Å². The largest absolute Gasteiger partial charge is 0.480 e. The highest BCUT2D eigenvalue weighted by molar-refractivity contribution is 7.98. The molecular formula is C20H36N4O6S. The van der Waals surface area contributed by atoms with E-state index in [-0.39, 0.29) is 11.8 Å². The fourth-order valence-electron chi connectivity index (χ4n) is 3.47. The number of nitrogens with one attached hydrogen (secondary N) is 2. The van der Waals surface area contributed by atoms with Crippen LogP contribution in [0.4, 0.5) is 0 Å². The Kier molecular flexibility index (Phi) is 11.3. The molecule has 6 N–H and O–H groups in total. The predicted octanol–water partition coefficient (Wildman–Crippen LogP) is -0.461. The van der Waals surface area contributed by atoms with Crippen molar-refractivity contribution in [2.75, 3.05) is 18.6 Å². The average molecular weight is 461 g/mol. The summed E-state index contributed by atoms with van der Waals surface area (Å²) in [6.45, 7) is 5.29. The third kappa shape index (κ3) is 7.65. The number of nitrogens with zero attached hydrogens (tertiary/aromatic N) is 1. The molecule has 1 fully saturated rings. The van der Waals surface area contributed by atoms with Crippen molar-refractivity contribution in [3.8, 4) is 0 Å². The van der Waals surface area contributed by atoms with E-state index >= 15 is 0 Å². The lowest BCUT2D eigenvalue weighted by Gasteiger charge is -2.30. The molecule has 1 aliphatic rings. The van der Waals surface area contributed by atoms with Crippen LogP contribution in [-0.2, 0) is 19.2 Å². The fourth-order valence-corrected chi connectivity index (χ4v) is 3.96. The van der Waals surface area contributed by atoms with Gasteiger partial charge in [-0.2, -0.15) is 11.8 Å². The van der Waals surface area contributed by atoms with Crippen LogP contribution in [0, 0.1) is 5.92 Å². The summed E-state index contributed by atoms with van der Waals surface area (Å²) in [5.41, 5.74) is 6.00. The van der Waals surface area contributed by atoms with Gasteiger partial charge in [-0.1, -0.05) is 20.3 Å². The van der Waals surface area contributed by atoms with E-state index in [0.29, 0.717) is 32.2 Å². The molecule has 6 atom stereocenters. The van der Waals surface area contributed by atoms with E-state index in [0.717, 1.165) is 5.75 Å². The van der Waals surface area contributed by atoms with E-state index in [4.69, 9.17) is 5.73 Å². The lowest BCUT2D eigenvalue weighted by Crippen LogP contribution is -2.59. The zero-order valence-electron chi connectivity index (χ0n) is 18.7. The van der Waals surface area contributed by atoms with Gasteiger partial charge in [-0.3, -0.25) is 14.4 Å². The Morgan fingerprint density at radius 2 is 1.84 bits per heavy atom. The first kappa shape index (κ1) is 27.2. The van der Waals surface area contributed by atoms with Gasteiger partial charge in [0.05, 0.1) is 12.1 Å².